The lowest BCUT2D eigenvalue weighted by molar-refractivity contribution is 0.108. The topological polar surface area (TPSA) is 54.5 Å². The van der Waals surface area contributed by atoms with Crippen LogP contribution in [0.5, 0.6) is 5.75 Å². The number of urea groups is 1. The van der Waals surface area contributed by atoms with Crippen LogP contribution in [0.15, 0.2) is 54.7 Å². The third kappa shape index (κ3) is 4.68. The van der Waals surface area contributed by atoms with Gasteiger partial charge in [0.15, 0.2) is 0 Å². The number of amides is 2. The summed E-state index contributed by atoms with van der Waals surface area (Å²) in [6, 6.07) is 17.2. The monoisotopic (exact) mass is 451 g/mol. The van der Waals surface area contributed by atoms with Crippen LogP contribution in [-0.4, -0.2) is 41.2 Å². The highest BCUT2D eigenvalue weighted by molar-refractivity contribution is 5.88. The van der Waals surface area contributed by atoms with E-state index >= 15 is 0 Å². The predicted molar refractivity (Wildman–Crippen MR) is 131 cm³/mol. The Bertz CT molecular complexity index is 1070. The van der Waals surface area contributed by atoms with Crippen LogP contribution in [0, 0.1) is 6.92 Å². The summed E-state index contributed by atoms with van der Waals surface area (Å²) >= 11 is 0. The van der Waals surface area contributed by atoms with Gasteiger partial charge in [0.25, 0.3) is 0 Å². The molecule has 168 valence electrons. The molecule has 0 spiro atoms. The number of carbonyl (C=O) groups excluding carboxylic acids is 1. The first-order chi connectivity index (χ1) is 15.2. The van der Waals surface area contributed by atoms with Gasteiger partial charge in [-0.1, -0.05) is 30.3 Å². The van der Waals surface area contributed by atoms with Crippen molar-refractivity contribution in [3.8, 4) is 16.9 Å². The van der Waals surface area contributed by atoms with Gasteiger partial charge < -0.3 is 15.0 Å². The molecule has 6 heteroatoms. The van der Waals surface area contributed by atoms with Gasteiger partial charge in [0.2, 0.25) is 0 Å². The average molecular weight is 452 g/mol. The van der Waals surface area contributed by atoms with Gasteiger partial charge in [0.1, 0.15) is 11.9 Å². The van der Waals surface area contributed by atoms with E-state index in [4.69, 9.17) is 4.74 Å². The Labute approximate surface area is 195 Å². The van der Waals surface area contributed by atoms with Crippen LogP contribution in [0.3, 0.4) is 0 Å². The molecule has 2 amide bonds. The first-order valence-corrected chi connectivity index (χ1v) is 11.3. The van der Waals surface area contributed by atoms with E-state index in [1.165, 1.54) is 23.1 Å². The van der Waals surface area contributed by atoms with Crippen molar-refractivity contribution in [1.82, 2.24) is 15.2 Å². The van der Waals surface area contributed by atoms with Crippen LogP contribution < -0.4 is 10.1 Å². The quantitative estimate of drug-likeness (QED) is 0.550. The number of benzene rings is 2. The highest BCUT2D eigenvalue weighted by Crippen LogP contribution is 2.30. The Morgan fingerprint density at radius 1 is 1.03 bits per heavy atom. The summed E-state index contributed by atoms with van der Waals surface area (Å²) in [7, 11) is 0. The molecule has 0 unspecified atom stereocenters. The summed E-state index contributed by atoms with van der Waals surface area (Å²) in [4.78, 5) is 18.8. The molecule has 1 saturated heterocycles. The van der Waals surface area contributed by atoms with Crippen LogP contribution in [0.25, 0.3) is 22.0 Å². The van der Waals surface area contributed by atoms with E-state index in [-0.39, 0.29) is 24.5 Å². The second kappa shape index (κ2) is 9.78. The maximum Gasteiger partial charge on any atom is 0.317 e. The lowest BCUT2D eigenvalue weighted by Crippen LogP contribution is -2.50. The van der Waals surface area contributed by atoms with E-state index in [9.17, 15) is 4.79 Å². The molecule has 5 rings (SSSR count). The summed E-state index contributed by atoms with van der Waals surface area (Å²) in [6.45, 7) is 3.64. The molecule has 0 atom stereocenters. The molecule has 32 heavy (non-hydrogen) atoms. The number of nitrogens with one attached hydrogen (secondary N) is 1. The van der Waals surface area contributed by atoms with Gasteiger partial charge in [-0.25, -0.2) is 4.79 Å². The van der Waals surface area contributed by atoms with Crippen LogP contribution in [-0.2, 0) is 0 Å². The number of likely N-dealkylation sites (tertiary alicyclic amines) is 1. The molecule has 0 bridgehead atoms. The first kappa shape index (κ1) is 22.4. The standard InChI is InChI=1S/C26H29N3O2.ClH/c1-18-24(12-9-20-4-3-15-27-25(18)20)19-7-10-22(11-8-19)31-23-13-16-29(17-14-23)26(30)28-21-5-2-6-21;/h3-4,7-12,15,21,23H,2,5-6,13-14,16-17H2,1H3,(H,28,30);1H. The number of hydrogen-bond acceptors (Lipinski definition) is 3. The van der Waals surface area contributed by atoms with E-state index in [1.807, 2.05) is 29.3 Å². The van der Waals surface area contributed by atoms with E-state index in [2.05, 4.69) is 47.6 Å². The molecule has 1 aromatic heterocycles. The maximum atomic E-state index is 12.3. The minimum atomic E-state index is 0. The Hall–Kier alpha value is -2.79. The molecular weight excluding hydrogens is 422 g/mol. The highest BCUT2D eigenvalue weighted by atomic mass is 35.5. The zero-order valence-corrected chi connectivity index (χ0v) is 19.2. The molecule has 1 aliphatic carbocycles. The van der Waals surface area contributed by atoms with E-state index in [1.54, 1.807) is 0 Å². The lowest BCUT2D eigenvalue weighted by Gasteiger charge is -2.35. The lowest BCUT2D eigenvalue weighted by atomic mass is 9.93. The van der Waals surface area contributed by atoms with Gasteiger partial charge in [-0.3, -0.25) is 4.98 Å². The highest BCUT2D eigenvalue weighted by Gasteiger charge is 2.27. The zero-order valence-electron chi connectivity index (χ0n) is 18.4. The fraction of sp³-hybridized carbons (Fsp3) is 0.385. The summed E-state index contributed by atoms with van der Waals surface area (Å²) in [5.74, 6) is 0.887. The molecular formula is C26H30ClN3O2. The van der Waals surface area contributed by atoms with Gasteiger partial charge in [-0.05, 0) is 61.1 Å². The molecule has 1 saturated carbocycles. The normalized spacial score (nSPS) is 16.8. The largest absolute Gasteiger partial charge is 0.490 e. The van der Waals surface area contributed by atoms with Crippen molar-refractivity contribution >= 4 is 29.3 Å². The average Bonchev–Trinajstić information content (AvgIpc) is 2.78. The van der Waals surface area contributed by atoms with Gasteiger partial charge >= 0.3 is 6.03 Å². The molecule has 2 fully saturated rings. The second-order valence-electron chi connectivity index (χ2n) is 8.72. The minimum absolute atomic E-state index is 0. The van der Waals surface area contributed by atoms with Crippen molar-refractivity contribution in [2.45, 2.75) is 51.2 Å². The first-order valence-electron chi connectivity index (χ1n) is 11.3. The Kier molecular flexibility index (Phi) is 6.85. The number of pyridine rings is 1. The van der Waals surface area contributed by atoms with Crippen LogP contribution in [0.2, 0.25) is 0 Å². The third-order valence-electron chi connectivity index (χ3n) is 6.66. The number of carbonyl (C=O) groups is 1. The van der Waals surface area contributed by atoms with E-state index in [0.29, 0.717) is 6.04 Å². The molecule has 5 nitrogen and oxygen atoms in total. The van der Waals surface area contributed by atoms with Crippen molar-refractivity contribution in [2.24, 2.45) is 0 Å². The predicted octanol–water partition coefficient (Wildman–Crippen LogP) is 5.74. The molecule has 1 aliphatic heterocycles. The Morgan fingerprint density at radius 3 is 2.47 bits per heavy atom. The number of halogens is 1. The SMILES string of the molecule is Cc1c(-c2ccc(OC3CCN(C(=O)NC4CCC4)CC3)cc2)ccc2cccnc12.Cl. The number of aromatic nitrogens is 1. The summed E-state index contributed by atoms with van der Waals surface area (Å²) in [5, 5.41) is 4.29. The minimum Gasteiger partial charge on any atom is -0.490 e. The maximum absolute atomic E-state index is 12.3. The number of hydrogen-bond donors (Lipinski definition) is 1. The number of rotatable bonds is 4. The molecule has 2 aromatic carbocycles. The van der Waals surface area contributed by atoms with Crippen molar-refractivity contribution in [1.29, 1.82) is 0 Å². The fourth-order valence-corrected chi connectivity index (χ4v) is 4.50. The summed E-state index contributed by atoms with van der Waals surface area (Å²) in [5.41, 5.74) is 4.61. The van der Waals surface area contributed by atoms with Crippen LogP contribution in [0.4, 0.5) is 4.79 Å². The van der Waals surface area contributed by atoms with E-state index < -0.39 is 0 Å². The van der Waals surface area contributed by atoms with Gasteiger partial charge in [0.05, 0.1) is 5.52 Å². The molecule has 2 heterocycles. The molecule has 2 aliphatic rings. The second-order valence-corrected chi connectivity index (χ2v) is 8.72. The molecule has 0 radical (unpaired) electrons. The third-order valence-corrected chi connectivity index (χ3v) is 6.66. The Balaban J connectivity index is 0.00000245. The van der Waals surface area contributed by atoms with Crippen molar-refractivity contribution in [3.05, 3.63) is 60.3 Å². The molecule has 1 N–H and O–H groups in total. The number of aryl methyl sites for hydroxylation is 1. The van der Waals surface area contributed by atoms with Crippen molar-refractivity contribution < 1.29 is 9.53 Å². The summed E-state index contributed by atoms with van der Waals surface area (Å²) in [6.07, 6.45) is 7.22. The van der Waals surface area contributed by atoms with Crippen molar-refractivity contribution in [3.63, 3.8) is 0 Å². The smallest absolute Gasteiger partial charge is 0.317 e. The Morgan fingerprint density at radius 2 is 1.78 bits per heavy atom. The number of nitrogens with zero attached hydrogens (tertiary/aromatic N) is 2. The van der Waals surface area contributed by atoms with Crippen LogP contribution >= 0.6 is 12.4 Å². The fourth-order valence-electron chi connectivity index (χ4n) is 4.50. The van der Waals surface area contributed by atoms with E-state index in [0.717, 1.165) is 55.4 Å². The number of piperidine rings is 1. The van der Waals surface area contributed by atoms with Crippen LogP contribution in [0.1, 0.15) is 37.7 Å². The van der Waals surface area contributed by atoms with Crippen molar-refractivity contribution in [2.75, 3.05) is 13.1 Å². The number of ether oxygens (including phenoxy) is 1. The van der Waals surface area contributed by atoms with Gasteiger partial charge in [0, 0.05) is 43.6 Å². The molecule has 3 aromatic rings. The summed E-state index contributed by atoms with van der Waals surface area (Å²) < 4.78 is 6.22. The number of fused-ring (bicyclic) bond motifs is 1. The van der Waals surface area contributed by atoms with Gasteiger partial charge in [-0.15, -0.1) is 12.4 Å². The van der Waals surface area contributed by atoms with Gasteiger partial charge in [-0.2, -0.15) is 0 Å². The zero-order chi connectivity index (χ0) is 21.2.